The molecular formula is C16H20NO. The zero-order chi connectivity index (χ0) is 12.4. The fourth-order valence-electron chi connectivity index (χ4n) is 2.91. The molecule has 0 saturated carbocycles. The van der Waals surface area contributed by atoms with Crippen molar-refractivity contribution in [3.05, 3.63) is 36.1 Å². The first-order valence-electron chi connectivity index (χ1n) is 6.95. The predicted octanol–water partition coefficient (Wildman–Crippen LogP) is 3.60. The fraction of sp³-hybridized carbons (Fsp3) is 0.500. The van der Waals surface area contributed by atoms with Gasteiger partial charge in [0.15, 0.2) is 6.26 Å². The first-order valence-corrected chi connectivity index (χ1v) is 6.95. The normalized spacial score (nSPS) is 21.5. The van der Waals surface area contributed by atoms with Crippen LogP contribution >= 0.6 is 0 Å². The van der Waals surface area contributed by atoms with Gasteiger partial charge in [-0.05, 0) is 62.6 Å². The Kier molecular flexibility index (Phi) is 3.37. The number of hydrogen-bond donors (Lipinski definition) is 0. The standard InChI is InChI=1S/C16H20NO/c1-13-5-2-3-8-17(13)9-7-14-11-15-6-4-10-18-16(15)12-14/h4,6,11-13H,2-3,5,7-9H2,1H3. The molecule has 1 radical (unpaired) electrons. The predicted molar refractivity (Wildman–Crippen MR) is 72.8 cm³/mol. The van der Waals surface area contributed by atoms with Gasteiger partial charge in [-0.1, -0.05) is 6.42 Å². The maximum Gasteiger partial charge on any atom is 0.169 e. The van der Waals surface area contributed by atoms with Gasteiger partial charge in [0.2, 0.25) is 0 Å². The number of fused-ring (bicyclic) bond motifs is 1. The molecule has 3 aliphatic rings. The largest absolute Gasteiger partial charge is 0.453 e. The highest BCUT2D eigenvalue weighted by Gasteiger charge is 2.18. The maximum absolute atomic E-state index is 5.37. The lowest BCUT2D eigenvalue weighted by atomic mass is 10.0. The van der Waals surface area contributed by atoms with Gasteiger partial charge in [-0.25, -0.2) is 0 Å². The van der Waals surface area contributed by atoms with E-state index in [0.717, 1.165) is 18.2 Å². The van der Waals surface area contributed by atoms with Crippen molar-refractivity contribution in [1.29, 1.82) is 0 Å². The highest BCUT2D eigenvalue weighted by molar-refractivity contribution is 5.62. The first-order chi connectivity index (χ1) is 8.83. The van der Waals surface area contributed by atoms with Crippen molar-refractivity contribution >= 4 is 0 Å². The molecule has 3 rings (SSSR count). The second kappa shape index (κ2) is 5.15. The van der Waals surface area contributed by atoms with Gasteiger partial charge in [-0.15, -0.1) is 0 Å². The van der Waals surface area contributed by atoms with E-state index in [4.69, 9.17) is 4.42 Å². The summed E-state index contributed by atoms with van der Waals surface area (Å²) in [6, 6.07) is 9.04. The van der Waals surface area contributed by atoms with E-state index in [2.05, 4.69) is 36.3 Å². The summed E-state index contributed by atoms with van der Waals surface area (Å²) in [5, 5.41) is 0. The molecule has 1 saturated heterocycles. The Balaban J connectivity index is 1.64. The third-order valence-corrected chi connectivity index (χ3v) is 4.07. The van der Waals surface area contributed by atoms with Crippen LogP contribution in [0.15, 0.2) is 28.7 Å². The molecule has 0 bridgehead atoms. The SMILES string of the molecule is CC1CCCCN1CCc1cc2cc[c]oc-2c1. The highest BCUT2D eigenvalue weighted by Crippen LogP contribution is 2.26. The minimum Gasteiger partial charge on any atom is -0.453 e. The van der Waals surface area contributed by atoms with Crippen molar-refractivity contribution in [2.24, 2.45) is 0 Å². The Labute approximate surface area is 109 Å². The van der Waals surface area contributed by atoms with Gasteiger partial charge in [0.1, 0.15) is 5.76 Å². The van der Waals surface area contributed by atoms with Crippen LogP contribution in [0.3, 0.4) is 0 Å². The summed E-state index contributed by atoms with van der Waals surface area (Å²) in [5.74, 6) is 0.958. The van der Waals surface area contributed by atoms with Crippen LogP contribution in [0, 0.1) is 6.26 Å². The molecule has 18 heavy (non-hydrogen) atoms. The molecule has 1 fully saturated rings. The summed E-state index contributed by atoms with van der Waals surface area (Å²) in [5.41, 5.74) is 2.57. The summed E-state index contributed by atoms with van der Waals surface area (Å²) < 4.78 is 5.37. The second-order valence-electron chi connectivity index (χ2n) is 5.37. The topological polar surface area (TPSA) is 16.4 Å². The van der Waals surface area contributed by atoms with Gasteiger partial charge >= 0.3 is 0 Å². The van der Waals surface area contributed by atoms with E-state index in [1.54, 1.807) is 0 Å². The van der Waals surface area contributed by atoms with Crippen LogP contribution in [-0.2, 0) is 6.42 Å². The van der Waals surface area contributed by atoms with E-state index in [-0.39, 0.29) is 0 Å². The average molecular weight is 242 g/mol. The highest BCUT2D eigenvalue weighted by atomic mass is 16.3. The van der Waals surface area contributed by atoms with E-state index >= 15 is 0 Å². The molecule has 0 N–H and O–H groups in total. The van der Waals surface area contributed by atoms with Gasteiger partial charge in [-0.2, -0.15) is 0 Å². The monoisotopic (exact) mass is 242 g/mol. The summed E-state index contributed by atoms with van der Waals surface area (Å²) in [7, 11) is 0. The zero-order valence-electron chi connectivity index (χ0n) is 11.0. The summed E-state index contributed by atoms with van der Waals surface area (Å²) in [6.45, 7) is 4.78. The Bertz CT molecular complexity index is 446. The van der Waals surface area contributed by atoms with Crippen molar-refractivity contribution in [2.45, 2.75) is 38.6 Å². The van der Waals surface area contributed by atoms with Crippen molar-refractivity contribution in [2.75, 3.05) is 13.1 Å². The minimum atomic E-state index is 0.751. The summed E-state index contributed by atoms with van der Waals surface area (Å²) >= 11 is 0. The smallest absolute Gasteiger partial charge is 0.169 e. The molecule has 1 unspecified atom stereocenters. The van der Waals surface area contributed by atoms with Crippen LogP contribution < -0.4 is 0 Å². The van der Waals surface area contributed by atoms with Crippen LogP contribution in [-0.4, -0.2) is 24.0 Å². The van der Waals surface area contributed by atoms with E-state index in [1.165, 1.54) is 43.5 Å². The van der Waals surface area contributed by atoms with Crippen LogP contribution in [0.2, 0.25) is 0 Å². The minimum absolute atomic E-state index is 0.751. The zero-order valence-corrected chi connectivity index (χ0v) is 11.0. The van der Waals surface area contributed by atoms with Crippen LogP contribution in [0.1, 0.15) is 31.7 Å². The van der Waals surface area contributed by atoms with Crippen molar-refractivity contribution in [3.8, 4) is 11.3 Å². The van der Waals surface area contributed by atoms with Crippen LogP contribution in [0.25, 0.3) is 11.3 Å². The number of hydrogen-bond acceptors (Lipinski definition) is 2. The third-order valence-electron chi connectivity index (χ3n) is 4.07. The Morgan fingerprint density at radius 1 is 1.39 bits per heavy atom. The number of piperidine rings is 1. The molecule has 2 heterocycles. The van der Waals surface area contributed by atoms with E-state index in [1.807, 2.05) is 6.07 Å². The maximum atomic E-state index is 5.37. The molecule has 2 heteroatoms. The molecular weight excluding hydrogens is 222 g/mol. The summed E-state index contributed by atoms with van der Waals surface area (Å²) in [4.78, 5) is 2.62. The molecule has 0 amide bonds. The Morgan fingerprint density at radius 2 is 2.33 bits per heavy atom. The molecule has 0 spiro atoms. The number of rotatable bonds is 3. The molecule has 1 atom stereocenters. The van der Waals surface area contributed by atoms with Crippen LogP contribution in [0.5, 0.6) is 0 Å². The lowest BCUT2D eigenvalue weighted by molar-refractivity contribution is 0.163. The van der Waals surface area contributed by atoms with Gasteiger partial charge in [0.25, 0.3) is 0 Å². The van der Waals surface area contributed by atoms with E-state index < -0.39 is 0 Å². The van der Waals surface area contributed by atoms with Crippen molar-refractivity contribution < 1.29 is 4.42 Å². The third kappa shape index (κ3) is 2.44. The Morgan fingerprint density at radius 3 is 3.17 bits per heavy atom. The molecule has 2 nitrogen and oxygen atoms in total. The fourth-order valence-corrected chi connectivity index (χ4v) is 2.91. The van der Waals surface area contributed by atoms with Crippen molar-refractivity contribution in [1.82, 2.24) is 4.90 Å². The average Bonchev–Trinajstić information content (AvgIpc) is 2.80. The van der Waals surface area contributed by atoms with E-state index in [9.17, 15) is 0 Å². The molecule has 0 aromatic heterocycles. The second-order valence-corrected chi connectivity index (χ2v) is 5.37. The van der Waals surface area contributed by atoms with Gasteiger partial charge in [0, 0.05) is 18.2 Å². The molecule has 1 aliphatic carbocycles. The molecule has 0 aromatic carbocycles. The number of nitrogens with zero attached hydrogens (tertiary/aromatic N) is 1. The number of likely N-dealkylation sites (tertiary alicyclic amines) is 1. The lowest BCUT2D eigenvalue weighted by Crippen LogP contribution is -2.38. The quantitative estimate of drug-likeness (QED) is 0.817. The first kappa shape index (κ1) is 11.8. The van der Waals surface area contributed by atoms with Gasteiger partial charge in [-0.3, -0.25) is 0 Å². The molecule has 0 aromatic rings. The lowest BCUT2D eigenvalue weighted by Gasteiger charge is -2.33. The van der Waals surface area contributed by atoms with E-state index in [0.29, 0.717) is 0 Å². The van der Waals surface area contributed by atoms with Gasteiger partial charge < -0.3 is 9.32 Å². The Hall–Kier alpha value is -1.28. The summed E-state index contributed by atoms with van der Waals surface area (Å²) in [6.07, 6.45) is 8.00. The van der Waals surface area contributed by atoms with Crippen molar-refractivity contribution in [3.63, 3.8) is 0 Å². The van der Waals surface area contributed by atoms with Crippen LogP contribution in [0.4, 0.5) is 0 Å². The molecule has 95 valence electrons. The molecule has 2 aliphatic heterocycles. The van der Waals surface area contributed by atoms with Gasteiger partial charge in [0.05, 0.1) is 0 Å².